The Balaban J connectivity index is 2.07. The first kappa shape index (κ1) is 15.0. The van der Waals surface area contributed by atoms with Crippen molar-refractivity contribution in [2.45, 2.75) is 12.6 Å². The van der Waals surface area contributed by atoms with Crippen LogP contribution in [0.4, 0.5) is 5.69 Å². The topological polar surface area (TPSA) is 68.6 Å². The molecule has 1 aliphatic heterocycles. The van der Waals surface area contributed by atoms with Crippen LogP contribution in [-0.2, 0) is 16.0 Å². The molecule has 2 heterocycles. The van der Waals surface area contributed by atoms with Crippen LogP contribution >= 0.6 is 0 Å². The summed E-state index contributed by atoms with van der Waals surface area (Å²) in [4.78, 5) is 14.2. The fourth-order valence-corrected chi connectivity index (χ4v) is 2.19. The molecule has 7 heteroatoms. The first-order chi connectivity index (χ1) is 9.74. The van der Waals surface area contributed by atoms with Crippen molar-refractivity contribution in [3.63, 3.8) is 0 Å². The second-order valence-electron chi connectivity index (χ2n) is 4.77. The van der Waals surface area contributed by atoms with Crippen LogP contribution in [0.25, 0.3) is 0 Å². The molecule has 0 amide bonds. The van der Waals surface area contributed by atoms with E-state index >= 15 is 0 Å². The summed E-state index contributed by atoms with van der Waals surface area (Å²) < 4.78 is 11.9. The van der Waals surface area contributed by atoms with Gasteiger partial charge in [-0.3, -0.25) is 4.79 Å². The molecule has 1 N–H and O–H groups in total. The molecule has 20 heavy (non-hydrogen) atoms. The van der Waals surface area contributed by atoms with Gasteiger partial charge in [0.05, 0.1) is 38.2 Å². The van der Waals surface area contributed by atoms with Gasteiger partial charge in [-0.1, -0.05) is 0 Å². The maximum absolute atomic E-state index is 12.1. The highest BCUT2D eigenvalue weighted by Gasteiger charge is 2.14. The van der Waals surface area contributed by atoms with Crippen LogP contribution in [-0.4, -0.2) is 62.9 Å². The predicted octanol–water partition coefficient (Wildman–Crippen LogP) is -0.686. The molecule has 0 saturated carbocycles. The molecule has 1 aliphatic rings. The van der Waals surface area contributed by atoms with Crippen molar-refractivity contribution in [3.05, 3.63) is 22.6 Å². The van der Waals surface area contributed by atoms with Crippen LogP contribution in [0.3, 0.4) is 0 Å². The summed E-state index contributed by atoms with van der Waals surface area (Å²) in [5.41, 5.74) is 0.771. The van der Waals surface area contributed by atoms with Crippen LogP contribution < -0.4 is 15.8 Å². The molecule has 1 aromatic heterocycles. The lowest BCUT2D eigenvalue weighted by atomic mass is 10.3. The molecule has 0 bridgehead atoms. The highest BCUT2D eigenvalue weighted by atomic mass is 16.5. The molecule has 2 rings (SSSR count). The number of hydrogen-bond donors (Lipinski definition) is 1. The molecule has 1 fully saturated rings. The van der Waals surface area contributed by atoms with E-state index in [9.17, 15) is 4.79 Å². The summed E-state index contributed by atoms with van der Waals surface area (Å²) in [6.45, 7) is 4.02. The first-order valence-corrected chi connectivity index (χ1v) is 6.80. The zero-order valence-electron chi connectivity index (χ0n) is 12.0. The molecule has 112 valence electrons. The van der Waals surface area contributed by atoms with Crippen LogP contribution in [0.2, 0.25) is 0 Å². The van der Waals surface area contributed by atoms with Gasteiger partial charge in [0.1, 0.15) is 0 Å². The van der Waals surface area contributed by atoms with Crippen molar-refractivity contribution >= 4 is 5.69 Å². The van der Waals surface area contributed by atoms with Crippen LogP contribution in [0.1, 0.15) is 0 Å². The standard InChI is InChI=1S/C13H22N4O3/c1-14-11(10-19-2)9-17-13(18)7-12(8-15-17)16-3-5-20-6-4-16/h7-8,11,14H,3-6,9-10H2,1-2H3. The van der Waals surface area contributed by atoms with Crippen LogP contribution in [0.15, 0.2) is 17.1 Å². The van der Waals surface area contributed by atoms with E-state index in [1.807, 2.05) is 7.05 Å². The number of likely N-dealkylation sites (N-methyl/N-ethyl adjacent to an activating group) is 1. The van der Waals surface area contributed by atoms with Crippen molar-refractivity contribution in [1.82, 2.24) is 15.1 Å². The second kappa shape index (κ2) is 7.37. The number of rotatable bonds is 6. The average Bonchev–Trinajstić information content (AvgIpc) is 2.49. The van der Waals surface area contributed by atoms with Crippen LogP contribution in [0, 0.1) is 0 Å². The van der Waals surface area contributed by atoms with Crippen molar-refractivity contribution in [2.75, 3.05) is 52.0 Å². The Morgan fingerprint density at radius 1 is 1.50 bits per heavy atom. The van der Waals surface area contributed by atoms with E-state index in [1.54, 1.807) is 19.4 Å². The highest BCUT2D eigenvalue weighted by Crippen LogP contribution is 2.11. The van der Waals surface area contributed by atoms with Gasteiger partial charge in [-0.25, -0.2) is 4.68 Å². The second-order valence-corrected chi connectivity index (χ2v) is 4.77. The van der Waals surface area contributed by atoms with E-state index in [2.05, 4.69) is 15.3 Å². The van der Waals surface area contributed by atoms with Crippen molar-refractivity contribution in [1.29, 1.82) is 0 Å². The van der Waals surface area contributed by atoms with Gasteiger partial charge >= 0.3 is 0 Å². The van der Waals surface area contributed by atoms with Gasteiger partial charge in [-0.15, -0.1) is 0 Å². The summed E-state index contributed by atoms with van der Waals surface area (Å²) in [6, 6.07) is 1.71. The molecule has 0 aliphatic carbocycles. The Morgan fingerprint density at radius 3 is 2.85 bits per heavy atom. The predicted molar refractivity (Wildman–Crippen MR) is 76.3 cm³/mol. The van der Waals surface area contributed by atoms with E-state index in [0.717, 1.165) is 18.8 Å². The third kappa shape index (κ3) is 3.78. The van der Waals surface area contributed by atoms with Gasteiger partial charge in [0, 0.05) is 32.3 Å². The molecule has 7 nitrogen and oxygen atoms in total. The van der Waals surface area contributed by atoms with E-state index < -0.39 is 0 Å². The Kier molecular flexibility index (Phi) is 5.51. The zero-order valence-corrected chi connectivity index (χ0v) is 12.0. The lowest BCUT2D eigenvalue weighted by Crippen LogP contribution is -2.40. The third-order valence-corrected chi connectivity index (χ3v) is 3.40. The molecule has 0 spiro atoms. The first-order valence-electron chi connectivity index (χ1n) is 6.80. The van der Waals surface area contributed by atoms with Gasteiger partial charge in [0.25, 0.3) is 5.56 Å². The number of ether oxygens (including phenoxy) is 2. The maximum Gasteiger partial charge on any atom is 0.268 e. The number of methoxy groups -OCH3 is 1. The summed E-state index contributed by atoms with van der Waals surface area (Å²) in [5.74, 6) is 0. The van der Waals surface area contributed by atoms with Gasteiger partial charge in [0.2, 0.25) is 0 Å². The molecular weight excluding hydrogens is 260 g/mol. The monoisotopic (exact) mass is 282 g/mol. The largest absolute Gasteiger partial charge is 0.383 e. The van der Waals surface area contributed by atoms with Crippen molar-refractivity contribution < 1.29 is 9.47 Å². The fourth-order valence-electron chi connectivity index (χ4n) is 2.19. The normalized spacial score (nSPS) is 17.2. The molecule has 1 unspecified atom stereocenters. The summed E-state index contributed by atoms with van der Waals surface area (Å²) in [7, 11) is 3.49. The van der Waals surface area contributed by atoms with E-state index in [1.165, 1.54) is 4.68 Å². The van der Waals surface area contributed by atoms with Crippen molar-refractivity contribution in [2.24, 2.45) is 0 Å². The highest BCUT2D eigenvalue weighted by molar-refractivity contribution is 5.43. The molecule has 0 aromatic carbocycles. The molecule has 1 aromatic rings. The van der Waals surface area contributed by atoms with E-state index in [-0.39, 0.29) is 11.6 Å². The number of morpholine rings is 1. The quantitative estimate of drug-likeness (QED) is 0.745. The number of aromatic nitrogens is 2. The van der Waals surface area contributed by atoms with E-state index in [4.69, 9.17) is 9.47 Å². The van der Waals surface area contributed by atoms with Gasteiger partial charge in [-0.05, 0) is 7.05 Å². The minimum Gasteiger partial charge on any atom is -0.383 e. The Labute approximate surface area is 118 Å². The van der Waals surface area contributed by atoms with E-state index in [0.29, 0.717) is 26.4 Å². The van der Waals surface area contributed by atoms with Gasteiger partial charge in [0.15, 0.2) is 0 Å². The minimum atomic E-state index is -0.0923. The van der Waals surface area contributed by atoms with Crippen LogP contribution in [0.5, 0.6) is 0 Å². The lowest BCUT2D eigenvalue weighted by molar-refractivity contribution is 0.122. The summed E-state index contributed by atoms with van der Waals surface area (Å²) in [6.07, 6.45) is 1.74. The number of hydrogen-bond acceptors (Lipinski definition) is 6. The fraction of sp³-hybridized carbons (Fsp3) is 0.692. The number of nitrogens with zero attached hydrogens (tertiary/aromatic N) is 3. The molecular formula is C13H22N4O3. The summed E-state index contributed by atoms with van der Waals surface area (Å²) >= 11 is 0. The molecule has 1 atom stereocenters. The summed E-state index contributed by atoms with van der Waals surface area (Å²) in [5, 5.41) is 7.35. The Bertz CT molecular complexity index is 471. The maximum atomic E-state index is 12.1. The zero-order chi connectivity index (χ0) is 14.4. The molecule has 0 radical (unpaired) electrons. The Morgan fingerprint density at radius 2 is 2.25 bits per heavy atom. The Hall–Kier alpha value is -1.44. The lowest BCUT2D eigenvalue weighted by Gasteiger charge is -2.28. The number of anilines is 1. The van der Waals surface area contributed by atoms with Gasteiger partial charge < -0.3 is 19.7 Å². The van der Waals surface area contributed by atoms with Gasteiger partial charge in [-0.2, -0.15) is 5.10 Å². The minimum absolute atomic E-state index is 0.0689. The smallest absolute Gasteiger partial charge is 0.268 e. The third-order valence-electron chi connectivity index (χ3n) is 3.40. The average molecular weight is 282 g/mol. The molecule has 1 saturated heterocycles. The van der Waals surface area contributed by atoms with Crippen molar-refractivity contribution in [3.8, 4) is 0 Å². The SMILES string of the molecule is CNC(COC)Cn1ncc(N2CCOCC2)cc1=O. The number of nitrogens with one attached hydrogen (secondary N) is 1.